The molecular weight excluding hydrogens is 134 g/mol. The highest BCUT2D eigenvalue weighted by atomic mass is 14.7. The number of hydrogen-bond donors (Lipinski definition) is 0. The molecule has 0 aromatic heterocycles. The molecule has 1 atom stereocenters. The van der Waals surface area contributed by atoms with E-state index in [4.69, 9.17) is 0 Å². The smallest absolute Gasteiger partial charge is 0.0782 e. The molecule has 0 saturated carbocycles. The van der Waals surface area contributed by atoms with Gasteiger partial charge >= 0.3 is 0 Å². The van der Waals surface area contributed by atoms with Gasteiger partial charge in [-0.1, -0.05) is 13.8 Å². The van der Waals surface area contributed by atoms with Crippen molar-refractivity contribution in [1.82, 2.24) is 0 Å². The normalized spacial score (nSPS) is 12.7. The van der Waals surface area contributed by atoms with Crippen LogP contribution in [0.1, 0.15) is 34.1 Å². The maximum Gasteiger partial charge on any atom is 0.0782 e. The standard InChI is InChI=1S/C10H17N/c1-5-7-10(4)11-8-9(3)6-2/h5,8-9H,6H2,1-4H3. The molecule has 0 bridgehead atoms. The molecule has 11 heavy (non-hydrogen) atoms. The van der Waals surface area contributed by atoms with Gasteiger partial charge in [-0.25, -0.2) is 0 Å². The fourth-order valence-electron chi connectivity index (χ4n) is 0.591. The van der Waals surface area contributed by atoms with Gasteiger partial charge in [0.05, 0.1) is 5.70 Å². The number of rotatable bonds is 3. The van der Waals surface area contributed by atoms with E-state index >= 15 is 0 Å². The summed E-state index contributed by atoms with van der Waals surface area (Å²) < 4.78 is 0. The molecule has 1 heteroatoms. The van der Waals surface area contributed by atoms with Crippen molar-refractivity contribution in [2.45, 2.75) is 34.1 Å². The molecule has 0 amide bonds. The first-order chi connectivity index (χ1) is 5.20. The Morgan fingerprint density at radius 3 is 2.73 bits per heavy atom. The lowest BCUT2D eigenvalue weighted by Crippen LogP contribution is -1.91. The Kier molecular flexibility index (Phi) is 5.50. The first kappa shape index (κ1) is 10.2. The van der Waals surface area contributed by atoms with Crippen LogP contribution in [0.25, 0.3) is 0 Å². The molecule has 0 heterocycles. The lowest BCUT2D eigenvalue weighted by molar-refractivity contribution is 0.753. The van der Waals surface area contributed by atoms with Crippen LogP contribution in [-0.2, 0) is 0 Å². The van der Waals surface area contributed by atoms with E-state index in [1.807, 2.05) is 26.1 Å². The zero-order chi connectivity index (χ0) is 8.69. The van der Waals surface area contributed by atoms with Crippen molar-refractivity contribution in [2.75, 3.05) is 0 Å². The highest BCUT2D eigenvalue weighted by Gasteiger charge is 1.90. The third-order valence-corrected chi connectivity index (χ3v) is 1.52. The zero-order valence-electron chi connectivity index (χ0n) is 7.89. The van der Waals surface area contributed by atoms with Gasteiger partial charge in [-0.2, -0.15) is 0 Å². The van der Waals surface area contributed by atoms with Crippen LogP contribution in [0.5, 0.6) is 0 Å². The molecule has 0 N–H and O–H groups in total. The molecule has 0 saturated heterocycles. The van der Waals surface area contributed by atoms with E-state index in [2.05, 4.69) is 24.6 Å². The summed E-state index contributed by atoms with van der Waals surface area (Å²) in [5, 5.41) is 0. The second-order valence-corrected chi connectivity index (χ2v) is 2.68. The van der Waals surface area contributed by atoms with Gasteiger partial charge in [-0.05, 0) is 32.3 Å². The second kappa shape index (κ2) is 5.94. The molecule has 1 unspecified atom stereocenters. The van der Waals surface area contributed by atoms with Crippen molar-refractivity contribution >= 4 is 6.21 Å². The number of allylic oxidation sites excluding steroid dienone is 1. The maximum absolute atomic E-state index is 4.23. The van der Waals surface area contributed by atoms with Crippen molar-refractivity contribution in [3.63, 3.8) is 0 Å². The predicted molar refractivity (Wildman–Crippen MR) is 50.9 cm³/mol. The molecule has 0 radical (unpaired) electrons. The first-order valence-electron chi connectivity index (χ1n) is 4.12. The molecule has 62 valence electrons. The Labute approximate surface area is 69.5 Å². The molecular formula is C10H17N. The maximum atomic E-state index is 4.23. The third kappa shape index (κ3) is 5.63. The Balaban J connectivity index is 4.03. The average molecular weight is 151 g/mol. The summed E-state index contributed by atoms with van der Waals surface area (Å²) in [7, 11) is 0. The molecule has 0 spiro atoms. The largest absolute Gasteiger partial charge is 0.257 e. The van der Waals surface area contributed by atoms with Crippen LogP contribution in [0.2, 0.25) is 0 Å². The van der Waals surface area contributed by atoms with E-state index in [1.165, 1.54) is 0 Å². The van der Waals surface area contributed by atoms with E-state index in [1.54, 1.807) is 0 Å². The van der Waals surface area contributed by atoms with E-state index < -0.39 is 0 Å². The van der Waals surface area contributed by atoms with E-state index in [-0.39, 0.29) is 0 Å². The molecule has 0 aliphatic heterocycles. The minimum absolute atomic E-state index is 0.573. The van der Waals surface area contributed by atoms with Crippen LogP contribution in [0.3, 0.4) is 0 Å². The highest BCUT2D eigenvalue weighted by Crippen LogP contribution is 1.98. The summed E-state index contributed by atoms with van der Waals surface area (Å²) in [4.78, 5) is 4.23. The molecule has 0 fully saturated rings. The number of aliphatic imine (C=N–C) groups is 1. The first-order valence-corrected chi connectivity index (χ1v) is 4.12. The quantitative estimate of drug-likeness (QED) is 0.434. The summed E-state index contributed by atoms with van der Waals surface area (Å²) in [6.45, 7) is 8.22. The fraction of sp³-hybridized carbons (Fsp3) is 0.600. The minimum atomic E-state index is 0.573. The molecule has 0 aliphatic carbocycles. The summed E-state index contributed by atoms with van der Waals surface area (Å²) in [5.74, 6) is 0.573. The van der Waals surface area contributed by atoms with Gasteiger partial charge in [0.1, 0.15) is 0 Å². The lowest BCUT2D eigenvalue weighted by atomic mass is 10.1. The van der Waals surface area contributed by atoms with Gasteiger partial charge in [-0.15, -0.1) is 5.73 Å². The highest BCUT2D eigenvalue weighted by molar-refractivity contribution is 5.61. The van der Waals surface area contributed by atoms with Crippen LogP contribution in [0.15, 0.2) is 22.5 Å². The van der Waals surface area contributed by atoms with Gasteiger partial charge in [0.15, 0.2) is 0 Å². The Morgan fingerprint density at radius 1 is 1.64 bits per heavy atom. The molecule has 1 nitrogen and oxygen atoms in total. The molecule has 0 aromatic rings. The van der Waals surface area contributed by atoms with Crippen LogP contribution in [-0.4, -0.2) is 6.21 Å². The summed E-state index contributed by atoms with van der Waals surface area (Å²) >= 11 is 0. The lowest BCUT2D eigenvalue weighted by Gasteiger charge is -1.96. The van der Waals surface area contributed by atoms with E-state index in [9.17, 15) is 0 Å². The van der Waals surface area contributed by atoms with E-state index in [0.717, 1.165) is 12.1 Å². The van der Waals surface area contributed by atoms with Crippen LogP contribution >= 0.6 is 0 Å². The zero-order valence-corrected chi connectivity index (χ0v) is 7.89. The monoisotopic (exact) mass is 151 g/mol. The van der Waals surface area contributed by atoms with Gasteiger partial charge in [0.2, 0.25) is 0 Å². The molecule has 0 aliphatic rings. The summed E-state index contributed by atoms with van der Waals surface area (Å²) in [6.07, 6.45) is 5.00. The Morgan fingerprint density at radius 2 is 2.27 bits per heavy atom. The van der Waals surface area contributed by atoms with Gasteiger partial charge in [-0.3, -0.25) is 4.99 Å². The predicted octanol–water partition coefficient (Wildman–Crippen LogP) is 3.18. The van der Waals surface area contributed by atoms with Gasteiger partial charge in [0, 0.05) is 6.21 Å². The van der Waals surface area contributed by atoms with Crippen molar-refractivity contribution in [1.29, 1.82) is 0 Å². The van der Waals surface area contributed by atoms with Crippen molar-refractivity contribution in [3.8, 4) is 0 Å². The average Bonchev–Trinajstić information content (AvgIpc) is 2.01. The Hall–Kier alpha value is -0.810. The van der Waals surface area contributed by atoms with Crippen LogP contribution < -0.4 is 0 Å². The Bertz CT molecular complexity index is 183. The molecule has 0 rings (SSSR count). The topological polar surface area (TPSA) is 12.4 Å². The van der Waals surface area contributed by atoms with Crippen molar-refractivity contribution in [2.24, 2.45) is 10.9 Å². The van der Waals surface area contributed by atoms with Crippen LogP contribution in [0.4, 0.5) is 0 Å². The van der Waals surface area contributed by atoms with Gasteiger partial charge in [0.25, 0.3) is 0 Å². The van der Waals surface area contributed by atoms with Crippen molar-refractivity contribution in [3.05, 3.63) is 17.5 Å². The summed E-state index contributed by atoms with van der Waals surface area (Å²) in [6, 6.07) is 0. The number of hydrogen-bond acceptors (Lipinski definition) is 1. The van der Waals surface area contributed by atoms with Crippen molar-refractivity contribution < 1.29 is 0 Å². The van der Waals surface area contributed by atoms with Gasteiger partial charge < -0.3 is 0 Å². The second-order valence-electron chi connectivity index (χ2n) is 2.68. The summed E-state index contributed by atoms with van der Waals surface area (Å²) in [5.41, 5.74) is 3.97. The van der Waals surface area contributed by atoms with E-state index in [0.29, 0.717) is 5.92 Å². The number of nitrogens with zero attached hydrogens (tertiary/aromatic N) is 1. The minimum Gasteiger partial charge on any atom is -0.257 e. The molecule has 0 aromatic carbocycles. The van der Waals surface area contributed by atoms with Crippen LogP contribution in [0, 0.1) is 5.92 Å². The fourth-order valence-corrected chi connectivity index (χ4v) is 0.591. The SMILES string of the molecule is CC=C=C(C)N=CC(C)CC. The third-order valence-electron chi connectivity index (χ3n) is 1.52.